The summed E-state index contributed by atoms with van der Waals surface area (Å²) in [6.45, 7) is 1.17. The molecule has 0 bridgehead atoms. The molecule has 14 heavy (non-hydrogen) atoms. The summed E-state index contributed by atoms with van der Waals surface area (Å²) in [4.78, 5) is 14.2. The number of hydrogen-bond donors (Lipinski definition) is 0. The van der Waals surface area contributed by atoms with Crippen molar-refractivity contribution in [2.45, 2.75) is 38.1 Å². The van der Waals surface area contributed by atoms with Crippen molar-refractivity contribution in [3.8, 4) is 0 Å². The van der Waals surface area contributed by atoms with Gasteiger partial charge in [0.15, 0.2) is 5.78 Å². The van der Waals surface area contributed by atoms with Crippen LogP contribution in [0.1, 0.15) is 32.1 Å². The maximum atomic E-state index is 11.7. The van der Waals surface area contributed by atoms with Gasteiger partial charge in [-0.2, -0.15) is 0 Å². The molecule has 3 aliphatic rings. The van der Waals surface area contributed by atoms with Gasteiger partial charge < -0.3 is 4.90 Å². The topological polar surface area (TPSA) is 20.3 Å². The Bertz CT molecular complexity index is 282. The monoisotopic (exact) mass is 191 g/mol. The molecule has 1 unspecified atom stereocenters. The van der Waals surface area contributed by atoms with E-state index in [1.54, 1.807) is 6.08 Å². The van der Waals surface area contributed by atoms with Crippen LogP contribution >= 0.6 is 0 Å². The zero-order valence-electron chi connectivity index (χ0n) is 8.48. The van der Waals surface area contributed by atoms with Gasteiger partial charge in [-0.15, -0.1) is 0 Å². The highest BCUT2D eigenvalue weighted by atomic mass is 16.1. The quantitative estimate of drug-likeness (QED) is 0.583. The number of carbonyl (C=O) groups is 1. The maximum Gasteiger partial charge on any atom is 0.162 e. The SMILES string of the molecule is O=C1C=CN2CCC[C@@H]3CCC[C@H]1C32. The zero-order valence-corrected chi connectivity index (χ0v) is 8.48. The first-order chi connectivity index (χ1) is 6.86. The van der Waals surface area contributed by atoms with E-state index in [9.17, 15) is 4.79 Å². The predicted molar refractivity (Wildman–Crippen MR) is 54.7 cm³/mol. The van der Waals surface area contributed by atoms with Crippen molar-refractivity contribution in [3.05, 3.63) is 12.3 Å². The van der Waals surface area contributed by atoms with Crippen LogP contribution in [-0.2, 0) is 4.79 Å². The molecule has 2 fully saturated rings. The van der Waals surface area contributed by atoms with Gasteiger partial charge in [0, 0.05) is 24.7 Å². The molecule has 0 radical (unpaired) electrons. The second kappa shape index (κ2) is 3.11. The molecule has 0 amide bonds. The molecule has 76 valence electrons. The minimum absolute atomic E-state index is 0.332. The standard InChI is InChI=1S/C12H17NO/c14-11-6-8-13-7-2-4-9-3-1-5-10(11)12(9)13/h6,8-10,12H,1-5,7H2/t9-,10+,12?/m0/s1. The summed E-state index contributed by atoms with van der Waals surface area (Å²) in [6.07, 6.45) is 10.2. The lowest BCUT2D eigenvalue weighted by Gasteiger charge is -2.49. The van der Waals surface area contributed by atoms with Gasteiger partial charge in [-0.1, -0.05) is 6.42 Å². The first-order valence-corrected chi connectivity index (χ1v) is 5.84. The lowest BCUT2D eigenvalue weighted by atomic mass is 9.70. The first-order valence-electron chi connectivity index (χ1n) is 5.84. The van der Waals surface area contributed by atoms with E-state index in [2.05, 4.69) is 4.90 Å². The summed E-state index contributed by atoms with van der Waals surface area (Å²) in [5, 5.41) is 0. The highest BCUT2D eigenvalue weighted by Crippen LogP contribution is 2.41. The van der Waals surface area contributed by atoms with E-state index < -0.39 is 0 Å². The Morgan fingerprint density at radius 1 is 1.21 bits per heavy atom. The number of carbonyl (C=O) groups excluding carboxylic acids is 1. The van der Waals surface area contributed by atoms with Crippen molar-refractivity contribution in [3.63, 3.8) is 0 Å². The van der Waals surface area contributed by atoms with Crippen LogP contribution < -0.4 is 0 Å². The number of allylic oxidation sites excluding steroid dienone is 1. The number of hydrogen-bond acceptors (Lipinski definition) is 2. The minimum atomic E-state index is 0.332. The van der Waals surface area contributed by atoms with Gasteiger partial charge in [0.1, 0.15) is 0 Å². The van der Waals surface area contributed by atoms with Crippen LogP contribution in [-0.4, -0.2) is 23.3 Å². The van der Waals surface area contributed by atoms with Crippen molar-refractivity contribution in [2.24, 2.45) is 11.8 Å². The Kier molecular flexibility index (Phi) is 1.89. The third kappa shape index (κ3) is 1.13. The Balaban J connectivity index is 1.95. The summed E-state index contributed by atoms with van der Waals surface area (Å²) in [5.74, 6) is 1.52. The van der Waals surface area contributed by atoms with E-state index in [-0.39, 0.29) is 0 Å². The molecule has 1 saturated carbocycles. The van der Waals surface area contributed by atoms with Gasteiger partial charge in [-0.25, -0.2) is 0 Å². The predicted octanol–water partition coefficient (Wildman–Crippen LogP) is 1.96. The molecule has 2 aliphatic heterocycles. The fourth-order valence-electron chi connectivity index (χ4n) is 3.55. The molecule has 1 saturated heterocycles. The lowest BCUT2D eigenvalue weighted by Crippen LogP contribution is -2.52. The van der Waals surface area contributed by atoms with Crippen LogP contribution in [0.4, 0.5) is 0 Å². The van der Waals surface area contributed by atoms with Gasteiger partial charge in [-0.05, 0) is 37.7 Å². The molecular weight excluding hydrogens is 174 g/mol. The van der Waals surface area contributed by atoms with Crippen LogP contribution in [0, 0.1) is 11.8 Å². The molecule has 2 heteroatoms. The fraction of sp³-hybridized carbons (Fsp3) is 0.750. The maximum absolute atomic E-state index is 11.7. The van der Waals surface area contributed by atoms with Crippen molar-refractivity contribution in [1.82, 2.24) is 4.90 Å². The second-order valence-electron chi connectivity index (χ2n) is 4.89. The van der Waals surface area contributed by atoms with Crippen LogP contribution in [0.5, 0.6) is 0 Å². The van der Waals surface area contributed by atoms with Crippen LogP contribution in [0.25, 0.3) is 0 Å². The molecule has 1 aliphatic carbocycles. The van der Waals surface area contributed by atoms with Crippen LogP contribution in [0.3, 0.4) is 0 Å². The number of piperidine rings is 1. The van der Waals surface area contributed by atoms with E-state index >= 15 is 0 Å². The Hall–Kier alpha value is -0.790. The summed E-state index contributed by atoms with van der Waals surface area (Å²) in [7, 11) is 0. The Morgan fingerprint density at radius 2 is 2.07 bits per heavy atom. The van der Waals surface area contributed by atoms with Gasteiger partial charge in [0.05, 0.1) is 0 Å². The average molecular weight is 191 g/mol. The summed E-state index contributed by atoms with van der Waals surface area (Å²) < 4.78 is 0. The van der Waals surface area contributed by atoms with E-state index in [1.807, 2.05) is 6.20 Å². The van der Waals surface area contributed by atoms with Crippen molar-refractivity contribution in [2.75, 3.05) is 6.54 Å². The largest absolute Gasteiger partial charge is 0.373 e. The lowest BCUT2D eigenvalue weighted by molar-refractivity contribution is -0.124. The molecule has 2 nitrogen and oxygen atoms in total. The van der Waals surface area contributed by atoms with Crippen molar-refractivity contribution >= 4 is 5.78 Å². The van der Waals surface area contributed by atoms with E-state index in [1.165, 1.54) is 32.2 Å². The van der Waals surface area contributed by atoms with Crippen LogP contribution in [0.15, 0.2) is 12.3 Å². The normalized spacial score (nSPS) is 41.0. The van der Waals surface area contributed by atoms with Gasteiger partial charge in [0.2, 0.25) is 0 Å². The Labute approximate surface area is 85.0 Å². The molecule has 0 N–H and O–H groups in total. The van der Waals surface area contributed by atoms with Crippen molar-refractivity contribution in [1.29, 1.82) is 0 Å². The highest BCUT2D eigenvalue weighted by molar-refractivity contribution is 5.93. The number of rotatable bonds is 0. The molecule has 0 aromatic carbocycles. The average Bonchev–Trinajstić information content (AvgIpc) is 2.24. The molecule has 0 spiro atoms. The summed E-state index contributed by atoms with van der Waals surface area (Å²) in [6, 6.07) is 0.565. The number of nitrogens with zero attached hydrogens (tertiary/aromatic N) is 1. The smallest absolute Gasteiger partial charge is 0.162 e. The minimum Gasteiger partial charge on any atom is -0.373 e. The van der Waals surface area contributed by atoms with Gasteiger partial charge >= 0.3 is 0 Å². The molecule has 0 aromatic heterocycles. The summed E-state index contributed by atoms with van der Waals surface area (Å²) in [5.41, 5.74) is 0. The van der Waals surface area contributed by atoms with Gasteiger partial charge in [-0.3, -0.25) is 4.79 Å². The van der Waals surface area contributed by atoms with Crippen molar-refractivity contribution < 1.29 is 4.79 Å². The molecule has 3 rings (SSSR count). The highest BCUT2D eigenvalue weighted by Gasteiger charge is 2.42. The van der Waals surface area contributed by atoms with E-state index in [0.717, 1.165) is 12.3 Å². The fourth-order valence-corrected chi connectivity index (χ4v) is 3.55. The van der Waals surface area contributed by atoms with E-state index in [0.29, 0.717) is 17.7 Å². The molecule has 2 heterocycles. The Morgan fingerprint density at radius 3 is 3.00 bits per heavy atom. The molecule has 0 aromatic rings. The third-order valence-corrected chi connectivity index (χ3v) is 4.16. The molecular formula is C12H17NO. The number of ketones is 1. The van der Waals surface area contributed by atoms with Gasteiger partial charge in [0.25, 0.3) is 0 Å². The molecule has 3 atom stereocenters. The summed E-state index contributed by atoms with van der Waals surface area (Å²) >= 11 is 0. The third-order valence-electron chi connectivity index (χ3n) is 4.16. The second-order valence-corrected chi connectivity index (χ2v) is 4.89. The zero-order chi connectivity index (χ0) is 9.54. The first kappa shape index (κ1) is 8.51. The van der Waals surface area contributed by atoms with E-state index in [4.69, 9.17) is 0 Å². The van der Waals surface area contributed by atoms with Crippen LogP contribution in [0.2, 0.25) is 0 Å².